The first kappa shape index (κ1) is 14.2. The summed E-state index contributed by atoms with van der Waals surface area (Å²) in [6.45, 7) is 8.98. The molecule has 102 valence electrons. The Hall–Kier alpha value is -2.19. The lowest BCUT2D eigenvalue weighted by Gasteiger charge is -2.08. The van der Waals surface area contributed by atoms with Crippen molar-refractivity contribution in [3.8, 4) is 0 Å². The van der Waals surface area contributed by atoms with Crippen LogP contribution >= 0.6 is 0 Å². The predicted molar refractivity (Wildman–Crippen MR) is 74.1 cm³/mol. The normalized spacial score (nSPS) is 12.7. The van der Waals surface area contributed by atoms with Crippen molar-refractivity contribution < 1.29 is 12.8 Å². The van der Waals surface area contributed by atoms with Crippen LogP contribution in [0.25, 0.3) is 4.85 Å². The number of hydrogen-bond acceptors (Lipinski definition) is 2. The maximum Gasteiger partial charge on any atom is 0.350 e. The van der Waals surface area contributed by atoms with Crippen LogP contribution < -0.4 is 0 Å². The molecular weight excluding hydrogens is 277 g/mol. The van der Waals surface area contributed by atoms with Gasteiger partial charge in [-0.3, -0.25) is 4.85 Å². The van der Waals surface area contributed by atoms with Gasteiger partial charge in [-0.05, 0) is 37.3 Å². The van der Waals surface area contributed by atoms with E-state index in [4.69, 9.17) is 6.57 Å². The number of nitrogens with zero attached hydrogens (tertiary/aromatic N) is 1. The minimum Gasteiger partial charge on any atom is -0.291 e. The number of aryl methyl sites for hydroxylation is 1. The van der Waals surface area contributed by atoms with E-state index in [0.29, 0.717) is 0 Å². The van der Waals surface area contributed by atoms with E-state index >= 15 is 0 Å². The number of hydrogen-bond donors (Lipinski definition) is 0. The second kappa shape index (κ2) is 5.43. The lowest BCUT2D eigenvalue weighted by molar-refractivity contribution is 0.589. The summed E-state index contributed by atoms with van der Waals surface area (Å²) in [6, 6.07) is 11.4. The summed E-state index contributed by atoms with van der Waals surface area (Å²) in [5, 5.41) is -1.43. The van der Waals surface area contributed by atoms with Crippen LogP contribution in [-0.4, -0.2) is 8.42 Å². The van der Waals surface area contributed by atoms with Gasteiger partial charge in [-0.2, -0.15) is 0 Å². The van der Waals surface area contributed by atoms with Crippen LogP contribution in [0.5, 0.6) is 0 Å². The molecule has 0 aromatic heterocycles. The molecule has 20 heavy (non-hydrogen) atoms. The maximum absolute atomic E-state index is 13.2. The van der Waals surface area contributed by atoms with Gasteiger partial charge < -0.3 is 0 Å². The van der Waals surface area contributed by atoms with Crippen LogP contribution in [0.4, 0.5) is 4.39 Å². The fraction of sp³-hybridized carbons (Fsp3) is 0.133. The average molecular weight is 289 g/mol. The van der Waals surface area contributed by atoms with E-state index in [9.17, 15) is 12.8 Å². The second-order valence-corrected chi connectivity index (χ2v) is 6.40. The van der Waals surface area contributed by atoms with Crippen molar-refractivity contribution >= 4 is 9.84 Å². The van der Waals surface area contributed by atoms with Gasteiger partial charge in [-0.25, -0.2) is 19.4 Å². The quantitative estimate of drug-likeness (QED) is 0.811. The van der Waals surface area contributed by atoms with Crippen LogP contribution in [0, 0.1) is 19.3 Å². The highest BCUT2D eigenvalue weighted by atomic mass is 32.2. The molecule has 5 heteroatoms. The van der Waals surface area contributed by atoms with Crippen LogP contribution in [0.2, 0.25) is 0 Å². The third-order valence-corrected chi connectivity index (χ3v) is 4.79. The van der Waals surface area contributed by atoms with Crippen LogP contribution in [-0.2, 0) is 9.84 Å². The molecule has 1 atom stereocenters. The van der Waals surface area contributed by atoms with E-state index in [0.717, 1.165) is 11.6 Å². The Morgan fingerprint density at radius 3 is 2.35 bits per heavy atom. The Bertz CT molecular complexity index is 761. The molecule has 0 unspecified atom stereocenters. The van der Waals surface area contributed by atoms with E-state index in [2.05, 4.69) is 4.85 Å². The highest BCUT2D eigenvalue weighted by Crippen LogP contribution is 2.30. The molecule has 0 N–H and O–H groups in total. The van der Waals surface area contributed by atoms with Gasteiger partial charge in [0.2, 0.25) is 0 Å². The Kier molecular flexibility index (Phi) is 3.86. The van der Waals surface area contributed by atoms with Crippen molar-refractivity contribution in [2.75, 3.05) is 0 Å². The summed E-state index contributed by atoms with van der Waals surface area (Å²) in [5.41, 5.74) is 1.06. The van der Waals surface area contributed by atoms with Crippen LogP contribution in [0.3, 0.4) is 0 Å². The molecule has 0 spiro atoms. The molecule has 3 nitrogen and oxygen atoms in total. The van der Waals surface area contributed by atoms with Crippen LogP contribution in [0.15, 0.2) is 53.4 Å². The van der Waals surface area contributed by atoms with Gasteiger partial charge in [0.1, 0.15) is 5.82 Å². The lowest BCUT2D eigenvalue weighted by Crippen LogP contribution is -2.11. The molecule has 2 rings (SSSR count). The van der Waals surface area contributed by atoms with E-state index < -0.39 is 21.0 Å². The largest absolute Gasteiger partial charge is 0.350 e. The fourth-order valence-electron chi connectivity index (χ4n) is 1.84. The first-order chi connectivity index (χ1) is 9.45. The van der Waals surface area contributed by atoms with Crippen molar-refractivity contribution in [2.24, 2.45) is 0 Å². The Morgan fingerprint density at radius 1 is 1.15 bits per heavy atom. The van der Waals surface area contributed by atoms with Gasteiger partial charge in [0.05, 0.1) is 10.5 Å². The molecular formula is C15H12FNO2S. The predicted octanol–water partition coefficient (Wildman–Crippen LogP) is 3.53. The number of benzene rings is 2. The third-order valence-electron chi connectivity index (χ3n) is 2.89. The molecule has 0 aliphatic heterocycles. The summed E-state index contributed by atoms with van der Waals surface area (Å²) in [7, 11) is -3.86. The van der Waals surface area contributed by atoms with E-state index in [-0.39, 0.29) is 10.5 Å². The molecule has 2 aromatic rings. The molecule has 0 radical (unpaired) electrons. The summed E-state index contributed by atoms with van der Waals surface area (Å²) < 4.78 is 38.1. The molecule has 0 saturated heterocycles. The number of rotatable bonds is 3. The molecule has 0 saturated carbocycles. The van der Waals surface area contributed by atoms with Gasteiger partial charge in [0, 0.05) is 0 Å². The van der Waals surface area contributed by atoms with E-state index in [1.54, 1.807) is 12.1 Å². The zero-order valence-corrected chi connectivity index (χ0v) is 11.6. The molecule has 0 fully saturated rings. The topological polar surface area (TPSA) is 38.5 Å². The number of halogens is 1. The monoisotopic (exact) mass is 289 g/mol. The van der Waals surface area contributed by atoms with Crippen molar-refractivity contribution in [1.29, 1.82) is 0 Å². The summed E-state index contributed by atoms with van der Waals surface area (Å²) in [4.78, 5) is 3.23. The van der Waals surface area contributed by atoms with Crippen molar-refractivity contribution in [3.05, 3.63) is 76.9 Å². The Morgan fingerprint density at radius 2 is 1.80 bits per heavy atom. The van der Waals surface area contributed by atoms with Gasteiger partial charge in [0.15, 0.2) is 0 Å². The van der Waals surface area contributed by atoms with E-state index in [1.165, 1.54) is 30.3 Å². The molecule has 0 bridgehead atoms. The summed E-state index contributed by atoms with van der Waals surface area (Å²) in [5.74, 6) is -0.560. The van der Waals surface area contributed by atoms with Gasteiger partial charge in [-0.1, -0.05) is 23.8 Å². The maximum atomic E-state index is 13.2. The fourth-order valence-corrected chi connectivity index (χ4v) is 3.26. The minimum atomic E-state index is -3.86. The standard InChI is InChI=1S/C15H12FNO2S/c1-11-6-8-14(9-7-11)20(18,19)15(17-2)12-4-3-5-13(16)10-12/h3-10,15H,1H3/t15-/m1/s1. The highest BCUT2D eigenvalue weighted by molar-refractivity contribution is 7.91. The molecule has 0 aliphatic carbocycles. The molecule has 0 amide bonds. The minimum absolute atomic E-state index is 0.0633. The van der Waals surface area contributed by atoms with Crippen molar-refractivity contribution in [3.63, 3.8) is 0 Å². The Labute approximate surface area is 117 Å². The van der Waals surface area contributed by atoms with Crippen molar-refractivity contribution in [1.82, 2.24) is 0 Å². The zero-order valence-electron chi connectivity index (χ0n) is 10.7. The lowest BCUT2D eigenvalue weighted by atomic mass is 10.2. The first-order valence-electron chi connectivity index (χ1n) is 5.88. The van der Waals surface area contributed by atoms with Crippen LogP contribution in [0.1, 0.15) is 16.5 Å². The first-order valence-corrected chi connectivity index (χ1v) is 7.42. The average Bonchev–Trinajstić information content (AvgIpc) is 2.40. The smallest absolute Gasteiger partial charge is 0.291 e. The third kappa shape index (κ3) is 2.70. The van der Waals surface area contributed by atoms with Gasteiger partial charge >= 0.3 is 5.37 Å². The number of sulfone groups is 1. The zero-order chi connectivity index (χ0) is 14.8. The van der Waals surface area contributed by atoms with E-state index in [1.807, 2.05) is 6.92 Å². The SMILES string of the molecule is [C-]#[N+][C@@H](c1cccc(F)c1)S(=O)(=O)c1ccc(C)cc1. The van der Waals surface area contributed by atoms with Gasteiger partial charge in [0.25, 0.3) is 9.84 Å². The second-order valence-electron chi connectivity index (χ2n) is 4.39. The Balaban J connectivity index is 2.51. The van der Waals surface area contributed by atoms with Crippen molar-refractivity contribution in [2.45, 2.75) is 17.2 Å². The van der Waals surface area contributed by atoms with Gasteiger partial charge in [-0.15, -0.1) is 0 Å². The summed E-state index contributed by atoms with van der Waals surface area (Å²) >= 11 is 0. The molecule has 0 aliphatic rings. The molecule has 2 aromatic carbocycles. The highest BCUT2D eigenvalue weighted by Gasteiger charge is 2.34. The summed E-state index contributed by atoms with van der Waals surface area (Å²) in [6.07, 6.45) is 0. The molecule has 0 heterocycles.